The molecule has 0 fully saturated rings. The fourth-order valence-corrected chi connectivity index (χ4v) is 1.66. The van der Waals surface area contributed by atoms with Gasteiger partial charge in [-0.05, 0) is 43.5 Å². The third-order valence-electron chi connectivity index (χ3n) is 2.92. The number of rotatable bonds is 7. The van der Waals surface area contributed by atoms with E-state index in [1.165, 1.54) is 5.56 Å². The molecule has 18 heavy (non-hydrogen) atoms. The van der Waals surface area contributed by atoms with Gasteiger partial charge in [0.25, 0.3) is 0 Å². The molecule has 0 aromatic heterocycles. The van der Waals surface area contributed by atoms with E-state index in [-0.39, 0.29) is 0 Å². The van der Waals surface area contributed by atoms with E-state index < -0.39 is 6.10 Å². The predicted octanol–water partition coefficient (Wildman–Crippen LogP) is 2.29. The zero-order chi connectivity index (χ0) is 13.5. The zero-order valence-corrected chi connectivity index (χ0v) is 11.9. The molecule has 0 bridgehead atoms. The predicted molar refractivity (Wildman–Crippen MR) is 75.1 cm³/mol. The molecule has 0 radical (unpaired) electrons. The van der Waals surface area contributed by atoms with Crippen molar-refractivity contribution in [1.29, 1.82) is 0 Å². The van der Waals surface area contributed by atoms with Gasteiger partial charge in [-0.3, -0.25) is 0 Å². The second-order valence-corrected chi connectivity index (χ2v) is 5.21. The first-order valence-corrected chi connectivity index (χ1v) is 6.58. The third-order valence-corrected chi connectivity index (χ3v) is 2.92. The monoisotopic (exact) mass is 251 g/mol. The summed E-state index contributed by atoms with van der Waals surface area (Å²) in [6.07, 6.45) is -0.469. The third kappa shape index (κ3) is 5.07. The summed E-state index contributed by atoms with van der Waals surface area (Å²) in [6.45, 7) is 10.2. The first kappa shape index (κ1) is 15.0. The van der Waals surface area contributed by atoms with Gasteiger partial charge < -0.3 is 15.2 Å². The first-order chi connectivity index (χ1) is 8.50. The first-order valence-electron chi connectivity index (χ1n) is 6.58. The van der Waals surface area contributed by atoms with Crippen LogP contribution in [0.5, 0.6) is 5.75 Å². The van der Waals surface area contributed by atoms with Gasteiger partial charge in [-0.25, -0.2) is 0 Å². The summed E-state index contributed by atoms with van der Waals surface area (Å²) >= 11 is 0. The molecule has 0 amide bonds. The fourth-order valence-electron chi connectivity index (χ4n) is 1.66. The smallest absolute Gasteiger partial charge is 0.122 e. The van der Waals surface area contributed by atoms with Crippen molar-refractivity contribution < 1.29 is 9.84 Å². The van der Waals surface area contributed by atoms with E-state index in [1.807, 2.05) is 19.1 Å². The number of hydrogen-bond donors (Lipinski definition) is 2. The Hall–Kier alpha value is -1.06. The highest BCUT2D eigenvalue weighted by atomic mass is 16.5. The largest absolute Gasteiger partial charge is 0.491 e. The number of ether oxygens (including phenoxy) is 1. The highest BCUT2D eigenvalue weighted by Crippen LogP contribution is 2.20. The Kier molecular flexibility index (Phi) is 6.16. The number of aliphatic hydroxyl groups excluding tert-OH is 1. The van der Waals surface area contributed by atoms with Gasteiger partial charge in [0.1, 0.15) is 18.5 Å². The van der Waals surface area contributed by atoms with E-state index in [0.717, 1.165) is 17.9 Å². The number of aliphatic hydroxyl groups is 1. The molecule has 1 aromatic carbocycles. The fraction of sp³-hybridized carbons (Fsp3) is 0.600. The maximum Gasteiger partial charge on any atom is 0.122 e. The Morgan fingerprint density at radius 2 is 1.94 bits per heavy atom. The van der Waals surface area contributed by atoms with Crippen molar-refractivity contribution in [2.75, 3.05) is 19.7 Å². The van der Waals surface area contributed by atoms with Crippen molar-refractivity contribution in [2.24, 2.45) is 5.92 Å². The Balaban J connectivity index is 2.33. The van der Waals surface area contributed by atoms with Gasteiger partial charge in [-0.1, -0.05) is 26.0 Å². The highest BCUT2D eigenvalue weighted by Gasteiger charge is 2.07. The van der Waals surface area contributed by atoms with Crippen molar-refractivity contribution in [3.8, 4) is 5.75 Å². The maximum atomic E-state index is 9.80. The lowest BCUT2D eigenvalue weighted by atomic mass is 10.1. The van der Waals surface area contributed by atoms with Gasteiger partial charge in [0, 0.05) is 6.54 Å². The molecule has 1 aromatic rings. The Labute approximate surface area is 110 Å². The summed E-state index contributed by atoms with van der Waals surface area (Å²) in [7, 11) is 0. The Bertz CT molecular complexity index is 364. The number of benzene rings is 1. The molecule has 0 heterocycles. The average Bonchev–Trinajstić information content (AvgIpc) is 2.30. The molecule has 0 saturated carbocycles. The second-order valence-electron chi connectivity index (χ2n) is 5.21. The van der Waals surface area contributed by atoms with Gasteiger partial charge in [0.15, 0.2) is 0 Å². The van der Waals surface area contributed by atoms with E-state index in [9.17, 15) is 5.11 Å². The van der Waals surface area contributed by atoms with Crippen LogP contribution in [0, 0.1) is 19.8 Å². The number of aryl methyl sites for hydroxylation is 1. The topological polar surface area (TPSA) is 41.5 Å². The van der Waals surface area contributed by atoms with E-state index in [1.54, 1.807) is 0 Å². The minimum absolute atomic E-state index is 0.329. The van der Waals surface area contributed by atoms with Crippen LogP contribution in [0.1, 0.15) is 25.0 Å². The molecular formula is C15H25NO2. The van der Waals surface area contributed by atoms with Crippen LogP contribution in [-0.4, -0.2) is 30.9 Å². The summed E-state index contributed by atoms with van der Waals surface area (Å²) in [5, 5.41) is 13.0. The zero-order valence-electron chi connectivity index (χ0n) is 11.9. The van der Waals surface area contributed by atoms with Crippen LogP contribution in [0.25, 0.3) is 0 Å². The Morgan fingerprint density at radius 3 is 2.61 bits per heavy atom. The van der Waals surface area contributed by atoms with Crippen LogP contribution < -0.4 is 10.1 Å². The molecule has 1 rings (SSSR count). The maximum absolute atomic E-state index is 9.80. The van der Waals surface area contributed by atoms with Crippen molar-refractivity contribution in [1.82, 2.24) is 5.32 Å². The Morgan fingerprint density at radius 1 is 1.22 bits per heavy atom. The van der Waals surface area contributed by atoms with E-state index >= 15 is 0 Å². The van der Waals surface area contributed by atoms with E-state index in [4.69, 9.17) is 4.74 Å². The molecule has 2 N–H and O–H groups in total. The summed E-state index contributed by atoms with van der Waals surface area (Å²) in [5.41, 5.74) is 2.35. The molecule has 0 saturated heterocycles. The van der Waals surface area contributed by atoms with Gasteiger partial charge in [0.05, 0.1) is 0 Å². The van der Waals surface area contributed by atoms with Crippen LogP contribution >= 0.6 is 0 Å². The van der Waals surface area contributed by atoms with Crippen LogP contribution in [0.2, 0.25) is 0 Å². The van der Waals surface area contributed by atoms with E-state index in [2.05, 4.69) is 32.2 Å². The normalized spacial score (nSPS) is 12.8. The number of nitrogens with one attached hydrogen (secondary N) is 1. The molecule has 1 atom stereocenters. The average molecular weight is 251 g/mol. The summed E-state index contributed by atoms with van der Waals surface area (Å²) < 4.78 is 5.65. The van der Waals surface area contributed by atoms with E-state index in [0.29, 0.717) is 19.1 Å². The lowest BCUT2D eigenvalue weighted by molar-refractivity contribution is 0.105. The summed E-state index contributed by atoms with van der Waals surface area (Å²) in [4.78, 5) is 0. The molecular weight excluding hydrogens is 226 g/mol. The molecule has 0 aliphatic carbocycles. The van der Waals surface area contributed by atoms with Crippen molar-refractivity contribution in [3.63, 3.8) is 0 Å². The van der Waals surface area contributed by atoms with Crippen molar-refractivity contribution in [2.45, 2.75) is 33.8 Å². The summed E-state index contributed by atoms with van der Waals surface area (Å²) in [6, 6.07) is 5.97. The number of hydrogen-bond acceptors (Lipinski definition) is 3. The standard InChI is InChI=1S/C15H25NO2/c1-11(2)8-16-9-14(17)10-18-15-7-5-6-12(3)13(15)4/h5-7,11,14,16-17H,8-10H2,1-4H3/t14-/m1/s1. The van der Waals surface area contributed by atoms with Gasteiger partial charge >= 0.3 is 0 Å². The van der Waals surface area contributed by atoms with Gasteiger partial charge in [-0.2, -0.15) is 0 Å². The van der Waals surface area contributed by atoms with Crippen molar-refractivity contribution >= 4 is 0 Å². The van der Waals surface area contributed by atoms with Gasteiger partial charge in [0.2, 0.25) is 0 Å². The molecule has 0 aliphatic rings. The molecule has 0 unspecified atom stereocenters. The van der Waals surface area contributed by atoms with Crippen LogP contribution in [0.3, 0.4) is 0 Å². The minimum atomic E-state index is -0.469. The molecule has 0 aliphatic heterocycles. The quantitative estimate of drug-likeness (QED) is 0.781. The molecule has 102 valence electrons. The minimum Gasteiger partial charge on any atom is -0.491 e. The van der Waals surface area contributed by atoms with Gasteiger partial charge in [-0.15, -0.1) is 0 Å². The van der Waals surface area contributed by atoms with Crippen LogP contribution in [0.4, 0.5) is 0 Å². The molecule has 0 spiro atoms. The molecule has 3 heteroatoms. The van der Waals surface area contributed by atoms with Crippen LogP contribution in [0.15, 0.2) is 18.2 Å². The van der Waals surface area contributed by atoms with Crippen LogP contribution in [-0.2, 0) is 0 Å². The van der Waals surface area contributed by atoms with Crippen molar-refractivity contribution in [3.05, 3.63) is 29.3 Å². The summed E-state index contributed by atoms with van der Waals surface area (Å²) in [5.74, 6) is 1.45. The molecule has 3 nitrogen and oxygen atoms in total. The lowest BCUT2D eigenvalue weighted by Crippen LogP contribution is -2.33. The SMILES string of the molecule is Cc1cccc(OC[C@H](O)CNCC(C)C)c1C. The second kappa shape index (κ2) is 7.39. The highest BCUT2D eigenvalue weighted by molar-refractivity contribution is 5.38. The lowest BCUT2D eigenvalue weighted by Gasteiger charge is -2.16.